The van der Waals surface area contributed by atoms with Crippen LogP contribution in [0.1, 0.15) is 17.7 Å². The molecule has 1 atom stereocenters. The number of aromatic nitrogens is 2. The Balaban J connectivity index is 2.04. The normalized spacial score (nSPS) is 16.9. The molecular weight excluding hydrogens is 262 g/mol. The number of amides is 1. The molecule has 0 bridgehead atoms. The highest BCUT2D eigenvalue weighted by atomic mass is 16.5. The molecule has 0 fully saturated rings. The molecule has 7 nitrogen and oxygen atoms in total. The van der Waals surface area contributed by atoms with Crippen LogP contribution >= 0.6 is 0 Å². The number of carboxylic acid groups (broad SMARTS) is 1. The van der Waals surface area contributed by atoms with Gasteiger partial charge in [-0.15, -0.1) is 0 Å². The first kappa shape index (κ1) is 14.0. The number of carbonyl (C=O) groups is 2. The Morgan fingerprint density at radius 1 is 1.60 bits per heavy atom. The van der Waals surface area contributed by atoms with Crippen LogP contribution in [0.3, 0.4) is 0 Å². The summed E-state index contributed by atoms with van der Waals surface area (Å²) in [5.41, 5.74) is 1.59. The Kier molecular flexibility index (Phi) is 4.29. The Bertz CT molecular complexity index is 544. The van der Waals surface area contributed by atoms with Gasteiger partial charge in [0.05, 0.1) is 5.92 Å². The summed E-state index contributed by atoms with van der Waals surface area (Å²) in [5, 5.41) is 11.4. The molecule has 0 radical (unpaired) electrons. The van der Waals surface area contributed by atoms with E-state index in [-0.39, 0.29) is 18.5 Å². The zero-order valence-electron chi connectivity index (χ0n) is 10.8. The molecule has 1 amide bonds. The van der Waals surface area contributed by atoms with E-state index in [0.717, 1.165) is 11.3 Å². The number of nitrogens with zero attached hydrogens (tertiary/aromatic N) is 2. The second-order valence-electron chi connectivity index (χ2n) is 4.46. The van der Waals surface area contributed by atoms with Crippen LogP contribution in [0.5, 0.6) is 0 Å². The monoisotopic (exact) mass is 277 g/mol. The van der Waals surface area contributed by atoms with E-state index in [9.17, 15) is 9.59 Å². The summed E-state index contributed by atoms with van der Waals surface area (Å²) < 4.78 is 4.76. The van der Waals surface area contributed by atoms with Gasteiger partial charge < -0.3 is 9.84 Å². The molecule has 2 rings (SSSR count). The van der Waals surface area contributed by atoms with Crippen LogP contribution in [-0.2, 0) is 22.4 Å². The maximum atomic E-state index is 11.3. The third-order valence-electron chi connectivity index (χ3n) is 3.05. The van der Waals surface area contributed by atoms with Gasteiger partial charge in [-0.1, -0.05) is 12.7 Å². The standard InChI is InChI=1S/C13H15N3O4/c1-2-5-20-13(19)16-12-14-7-9-6-8(11(17)18)3-4-10(9)15-12/h2,7-8H,1,3-6H2,(H,17,18)(H,14,15,16,19). The van der Waals surface area contributed by atoms with Crippen molar-refractivity contribution in [3.05, 3.63) is 30.1 Å². The van der Waals surface area contributed by atoms with Crippen molar-refractivity contribution >= 4 is 18.0 Å². The van der Waals surface area contributed by atoms with E-state index in [1.807, 2.05) is 0 Å². The number of nitrogens with one attached hydrogen (secondary N) is 1. The number of rotatable bonds is 4. The highest BCUT2D eigenvalue weighted by Crippen LogP contribution is 2.24. The molecule has 1 aromatic heterocycles. The molecule has 0 spiro atoms. The molecule has 1 aliphatic carbocycles. The van der Waals surface area contributed by atoms with Crippen molar-refractivity contribution in [1.82, 2.24) is 9.97 Å². The van der Waals surface area contributed by atoms with E-state index in [4.69, 9.17) is 9.84 Å². The Morgan fingerprint density at radius 2 is 2.40 bits per heavy atom. The molecule has 1 heterocycles. The zero-order valence-corrected chi connectivity index (χ0v) is 10.8. The summed E-state index contributed by atoms with van der Waals surface area (Å²) in [6.07, 6.45) is 3.89. The van der Waals surface area contributed by atoms with E-state index >= 15 is 0 Å². The Morgan fingerprint density at radius 3 is 3.10 bits per heavy atom. The van der Waals surface area contributed by atoms with Gasteiger partial charge in [-0.2, -0.15) is 0 Å². The molecule has 20 heavy (non-hydrogen) atoms. The number of carbonyl (C=O) groups excluding carboxylic acids is 1. The van der Waals surface area contributed by atoms with Crippen molar-refractivity contribution in [2.75, 3.05) is 11.9 Å². The van der Waals surface area contributed by atoms with Crippen LogP contribution in [0.15, 0.2) is 18.9 Å². The number of fused-ring (bicyclic) bond motifs is 1. The lowest BCUT2D eigenvalue weighted by Crippen LogP contribution is -2.24. The van der Waals surface area contributed by atoms with Crippen LogP contribution in [0, 0.1) is 5.92 Å². The second kappa shape index (κ2) is 6.14. The smallest absolute Gasteiger partial charge is 0.414 e. The van der Waals surface area contributed by atoms with Gasteiger partial charge >= 0.3 is 12.1 Å². The van der Waals surface area contributed by atoms with Crippen molar-refractivity contribution < 1.29 is 19.4 Å². The van der Waals surface area contributed by atoms with Crippen LogP contribution in [0.4, 0.5) is 10.7 Å². The van der Waals surface area contributed by atoms with Crippen molar-refractivity contribution in [2.24, 2.45) is 5.92 Å². The number of ether oxygens (including phenoxy) is 1. The molecule has 1 aromatic rings. The summed E-state index contributed by atoms with van der Waals surface area (Å²) in [4.78, 5) is 30.5. The largest absolute Gasteiger partial charge is 0.481 e. The third kappa shape index (κ3) is 3.31. The van der Waals surface area contributed by atoms with Gasteiger partial charge in [-0.25, -0.2) is 14.8 Å². The summed E-state index contributed by atoms with van der Waals surface area (Å²) in [6, 6.07) is 0. The molecule has 106 valence electrons. The molecular formula is C13H15N3O4. The number of aryl methyl sites for hydroxylation is 1. The minimum atomic E-state index is -0.800. The number of anilines is 1. The van der Waals surface area contributed by atoms with Crippen LogP contribution in [-0.4, -0.2) is 33.7 Å². The summed E-state index contributed by atoms with van der Waals surface area (Å²) >= 11 is 0. The molecule has 1 aliphatic rings. The van der Waals surface area contributed by atoms with E-state index in [1.54, 1.807) is 6.20 Å². The number of hydrogen-bond donors (Lipinski definition) is 2. The third-order valence-corrected chi connectivity index (χ3v) is 3.05. The number of hydrogen-bond acceptors (Lipinski definition) is 5. The van der Waals surface area contributed by atoms with Gasteiger partial charge in [-0.3, -0.25) is 10.1 Å². The van der Waals surface area contributed by atoms with Crippen molar-refractivity contribution in [3.63, 3.8) is 0 Å². The molecule has 0 aliphatic heterocycles. The van der Waals surface area contributed by atoms with Gasteiger partial charge in [0.25, 0.3) is 0 Å². The van der Waals surface area contributed by atoms with Crippen molar-refractivity contribution in [1.29, 1.82) is 0 Å². The van der Waals surface area contributed by atoms with E-state index < -0.39 is 12.1 Å². The molecule has 1 unspecified atom stereocenters. The molecule has 0 aromatic carbocycles. The minimum absolute atomic E-state index is 0.108. The fraction of sp³-hybridized carbons (Fsp3) is 0.385. The molecule has 2 N–H and O–H groups in total. The maximum absolute atomic E-state index is 11.3. The summed E-state index contributed by atoms with van der Waals surface area (Å²) in [5.74, 6) is -1.03. The predicted octanol–water partition coefficient (Wildman–Crippen LogP) is 1.40. The van der Waals surface area contributed by atoms with Crippen molar-refractivity contribution in [2.45, 2.75) is 19.3 Å². The lowest BCUT2D eigenvalue weighted by atomic mass is 9.87. The summed E-state index contributed by atoms with van der Waals surface area (Å²) in [6.45, 7) is 3.54. The topological polar surface area (TPSA) is 101 Å². The van der Waals surface area contributed by atoms with Gasteiger partial charge in [0.2, 0.25) is 5.95 Å². The first-order valence-corrected chi connectivity index (χ1v) is 6.22. The zero-order chi connectivity index (χ0) is 14.5. The van der Waals surface area contributed by atoms with Crippen LogP contribution < -0.4 is 5.32 Å². The van der Waals surface area contributed by atoms with Gasteiger partial charge in [-0.05, 0) is 24.8 Å². The van der Waals surface area contributed by atoms with Gasteiger partial charge in [0, 0.05) is 11.9 Å². The minimum Gasteiger partial charge on any atom is -0.481 e. The lowest BCUT2D eigenvalue weighted by molar-refractivity contribution is -0.142. The predicted molar refractivity (Wildman–Crippen MR) is 70.4 cm³/mol. The SMILES string of the molecule is C=CCOC(=O)Nc1ncc2c(n1)CCC(C(=O)O)C2. The molecule has 0 saturated heterocycles. The van der Waals surface area contributed by atoms with Crippen LogP contribution in [0.2, 0.25) is 0 Å². The van der Waals surface area contributed by atoms with E-state index in [2.05, 4.69) is 21.9 Å². The maximum Gasteiger partial charge on any atom is 0.414 e. The number of carboxylic acids is 1. The average Bonchev–Trinajstić information content (AvgIpc) is 2.44. The Hall–Kier alpha value is -2.44. The van der Waals surface area contributed by atoms with E-state index in [0.29, 0.717) is 19.3 Å². The average molecular weight is 277 g/mol. The summed E-state index contributed by atoms with van der Waals surface area (Å²) in [7, 11) is 0. The second-order valence-corrected chi connectivity index (χ2v) is 4.46. The fourth-order valence-electron chi connectivity index (χ4n) is 2.04. The lowest BCUT2D eigenvalue weighted by Gasteiger charge is -2.20. The van der Waals surface area contributed by atoms with Crippen molar-refractivity contribution in [3.8, 4) is 0 Å². The highest BCUT2D eigenvalue weighted by Gasteiger charge is 2.25. The highest BCUT2D eigenvalue weighted by molar-refractivity contribution is 5.82. The van der Waals surface area contributed by atoms with Crippen LogP contribution in [0.25, 0.3) is 0 Å². The first-order chi connectivity index (χ1) is 9.60. The van der Waals surface area contributed by atoms with Gasteiger partial charge in [0.1, 0.15) is 6.61 Å². The first-order valence-electron chi connectivity index (χ1n) is 6.22. The molecule has 0 saturated carbocycles. The van der Waals surface area contributed by atoms with E-state index in [1.165, 1.54) is 6.08 Å². The number of aliphatic carboxylic acids is 1. The van der Waals surface area contributed by atoms with Gasteiger partial charge in [0.15, 0.2) is 0 Å². The Labute approximate surface area is 115 Å². The fourth-order valence-corrected chi connectivity index (χ4v) is 2.04. The molecule has 7 heteroatoms. The quantitative estimate of drug-likeness (QED) is 0.807.